The molecule has 0 saturated carbocycles. The van der Waals surface area contributed by atoms with E-state index in [4.69, 9.17) is 9.31 Å². The summed E-state index contributed by atoms with van der Waals surface area (Å²) >= 11 is 0. The van der Waals surface area contributed by atoms with Crippen molar-refractivity contribution in [2.45, 2.75) is 45.3 Å². The summed E-state index contributed by atoms with van der Waals surface area (Å²) in [6.45, 7) is 10.4. The van der Waals surface area contributed by atoms with Crippen LogP contribution in [0.1, 0.15) is 34.1 Å². The first-order valence-electron chi connectivity index (χ1n) is 7.75. The van der Waals surface area contributed by atoms with Gasteiger partial charge in [0.2, 0.25) is 0 Å². The topological polar surface area (TPSA) is 33.7 Å². The number of rotatable bonds is 1. The predicted octanol–water partition coefficient (Wildman–Crippen LogP) is 2.24. The second-order valence-corrected chi connectivity index (χ2v) is 7.07. The molecular formula is C16H25BN2O2. The minimum Gasteiger partial charge on any atom is -0.399 e. The van der Waals surface area contributed by atoms with Gasteiger partial charge in [0.05, 0.1) is 22.6 Å². The highest BCUT2D eigenvalue weighted by molar-refractivity contribution is 6.62. The number of nitrogens with zero attached hydrogens (tertiary/aromatic N) is 1. The zero-order valence-electron chi connectivity index (χ0n) is 13.7. The Morgan fingerprint density at radius 1 is 1.14 bits per heavy atom. The fraction of sp³-hybridized carbons (Fsp3) is 0.625. The average molecular weight is 288 g/mol. The normalized spacial score (nSPS) is 23.5. The van der Waals surface area contributed by atoms with Crippen LogP contribution in [0.5, 0.6) is 0 Å². The molecule has 2 aliphatic rings. The minimum absolute atomic E-state index is 0.294. The largest absolute Gasteiger partial charge is 0.494 e. The van der Waals surface area contributed by atoms with E-state index in [1.165, 1.54) is 11.4 Å². The first-order chi connectivity index (χ1) is 9.80. The van der Waals surface area contributed by atoms with E-state index in [0.29, 0.717) is 0 Å². The SMILES string of the molecule is CN1CCCNc2ccc(B3OC(C)(C)C(C)(C)O3)cc21. The van der Waals surface area contributed by atoms with Crippen LogP contribution in [-0.4, -0.2) is 38.5 Å². The van der Waals surface area contributed by atoms with Crippen molar-refractivity contribution in [3.63, 3.8) is 0 Å². The van der Waals surface area contributed by atoms with Gasteiger partial charge in [0.15, 0.2) is 0 Å². The molecule has 5 heteroatoms. The van der Waals surface area contributed by atoms with Gasteiger partial charge in [0.25, 0.3) is 0 Å². The molecule has 21 heavy (non-hydrogen) atoms. The molecule has 2 heterocycles. The summed E-state index contributed by atoms with van der Waals surface area (Å²) in [5.74, 6) is 0. The Hall–Kier alpha value is -1.20. The second kappa shape index (κ2) is 4.92. The van der Waals surface area contributed by atoms with Crippen molar-refractivity contribution in [2.24, 2.45) is 0 Å². The third-order valence-electron chi connectivity index (χ3n) is 4.94. The van der Waals surface area contributed by atoms with E-state index in [0.717, 1.165) is 25.0 Å². The molecule has 0 radical (unpaired) electrons. The van der Waals surface area contributed by atoms with Crippen LogP contribution in [0, 0.1) is 0 Å². The van der Waals surface area contributed by atoms with Crippen molar-refractivity contribution >= 4 is 24.0 Å². The van der Waals surface area contributed by atoms with Crippen LogP contribution in [0.2, 0.25) is 0 Å². The number of fused-ring (bicyclic) bond motifs is 1. The van der Waals surface area contributed by atoms with Gasteiger partial charge in [0, 0.05) is 20.1 Å². The second-order valence-electron chi connectivity index (χ2n) is 7.07. The molecular weight excluding hydrogens is 263 g/mol. The molecule has 0 amide bonds. The van der Waals surface area contributed by atoms with Gasteiger partial charge in [-0.05, 0) is 51.7 Å². The van der Waals surface area contributed by atoms with Crippen LogP contribution in [0.4, 0.5) is 11.4 Å². The Morgan fingerprint density at radius 2 is 1.81 bits per heavy atom. The first kappa shape index (κ1) is 14.7. The van der Waals surface area contributed by atoms with Crippen LogP contribution in [0.15, 0.2) is 18.2 Å². The molecule has 0 spiro atoms. The summed E-state index contributed by atoms with van der Waals surface area (Å²) in [6.07, 6.45) is 1.15. The van der Waals surface area contributed by atoms with Gasteiger partial charge in [-0.2, -0.15) is 0 Å². The van der Waals surface area contributed by atoms with Crippen molar-refractivity contribution in [1.82, 2.24) is 0 Å². The standard InChI is InChI=1S/C16H25BN2O2/c1-15(2)16(3,4)21-17(20-15)12-7-8-13-14(11-12)19(5)10-6-9-18-13/h7-8,11,18H,6,9-10H2,1-5H3. The molecule has 1 aromatic rings. The lowest BCUT2D eigenvalue weighted by atomic mass is 9.78. The molecule has 1 aromatic carbocycles. The Kier molecular flexibility index (Phi) is 3.45. The molecule has 0 aromatic heterocycles. The predicted molar refractivity (Wildman–Crippen MR) is 88.5 cm³/mol. The molecule has 0 atom stereocenters. The third-order valence-corrected chi connectivity index (χ3v) is 4.94. The molecule has 3 rings (SSSR count). The number of hydrogen-bond donors (Lipinski definition) is 1. The highest BCUT2D eigenvalue weighted by Gasteiger charge is 2.51. The Bertz CT molecular complexity index is 529. The van der Waals surface area contributed by atoms with Crippen molar-refractivity contribution in [3.05, 3.63) is 18.2 Å². The summed E-state index contributed by atoms with van der Waals surface area (Å²) in [5.41, 5.74) is 2.90. The van der Waals surface area contributed by atoms with Crippen molar-refractivity contribution < 1.29 is 9.31 Å². The van der Waals surface area contributed by atoms with E-state index in [1.807, 2.05) is 0 Å². The summed E-state index contributed by atoms with van der Waals surface area (Å²) < 4.78 is 12.3. The number of hydrogen-bond acceptors (Lipinski definition) is 4. The lowest BCUT2D eigenvalue weighted by Gasteiger charge is -2.32. The van der Waals surface area contributed by atoms with Gasteiger partial charge >= 0.3 is 7.12 Å². The molecule has 0 unspecified atom stereocenters. The van der Waals surface area contributed by atoms with Gasteiger partial charge < -0.3 is 19.5 Å². The maximum atomic E-state index is 6.15. The van der Waals surface area contributed by atoms with Gasteiger partial charge in [-0.3, -0.25) is 0 Å². The monoisotopic (exact) mass is 288 g/mol. The van der Waals surface area contributed by atoms with E-state index in [2.05, 4.69) is 63.2 Å². The smallest absolute Gasteiger partial charge is 0.399 e. The van der Waals surface area contributed by atoms with Crippen molar-refractivity contribution in [1.29, 1.82) is 0 Å². The lowest BCUT2D eigenvalue weighted by Crippen LogP contribution is -2.41. The highest BCUT2D eigenvalue weighted by Crippen LogP contribution is 2.37. The van der Waals surface area contributed by atoms with Crippen LogP contribution >= 0.6 is 0 Å². The maximum Gasteiger partial charge on any atom is 0.494 e. The van der Waals surface area contributed by atoms with E-state index in [1.54, 1.807) is 0 Å². The van der Waals surface area contributed by atoms with Gasteiger partial charge in [-0.25, -0.2) is 0 Å². The van der Waals surface area contributed by atoms with E-state index >= 15 is 0 Å². The zero-order valence-corrected chi connectivity index (χ0v) is 13.7. The molecule has 4 nitrogen and oxygen atoms in total. The van der Waals surface area contributed by atoms with Crippen molar-refractivity contribution in [3.8, 4) is 0 Å². The first-order valence-corrected chi connectivity index (χ1v) is 7.75. The molecule has 0 bridgehead atoms. The van der Waals surface area contributed by atoms with E-state index in [-0.39, 0.29) is 18.3 Å². The average Bonchev–Trinajstić information content (AvgIpc) is 2.55. The highest BCUT2D eigenvalue weighted by atomic mass is 16.7. The quantitative estimate of drug-likeness (QED) is 0.804. The zero-order chi connectivity index (χ0) is 15.3. The molecule has 2 aliphatic heterocycles. The molecule has 1 N–H and O–H groups in total. The molecule has 114 valence electrons. The lowest BCUT2D eigenvalue weighted by molar-refractivity contribution is 0.00578. The van der Waals surface area contributed by atoms with Crippen LogP contribution < -0.4 is 15.7 Å². The van der Waals surface area contributed by atoms with E-state index in [9.17, 15) is 0 Å². The maximum absolute atomic E-state index is 6.15. The minimum atomic E-state index is -0.297. The fourth-order valence-corrected chi connectivity index (χ4v) is 2.80. The number of benzene rings is 1. The molecule has 0 aliphatic carbocycles. The fourth-order valence-electron chi connectivity index (χ4n) is 2.80. The van der Waals surface area contributed by atoms with Gasteiger partial charge in [-0.1, -0.05) is 6.07 Å². The Morgan fingerprint density at radius 3 is 2.48 bits per heavy atom. The summed E-state index contributed by atoms with van der Waals surface area (Å²) in [6, 6.07) is 6.43. The van der Waals surface area contributed by atoms with Gasteiger partial charge in [0.1, 0.15) is 0 Å². The summed E-state index contributed by atoms with van der Waals surface area (Å²) in [4.78, 5) is 2.30. The van der Waals surface area contributed by atoms with Crippen LogP contribution in [0.25, 0.3) is 0 Å². The summed E-state index contributed by atoms with van der Waals surface area (Å²) in [5, 5.41) is 3.48. The summed E-state index contributed by atoms with van der Waals surface area (Å²) in [7, 11) is 1.84. The Labute approximate surface area is 127 Å². The van der Waals surface area contributed by atoms with Gasteiger partial charge in [-0.15, -0.1) is 0 Å². The molecule has 1 fully saturated rings. The number of anilines is 2. The van der Waals surface area contributed by atoms with E-state index < -0.39 is 0 Å². The number of nitrogens with one attached hydrogen (secondary N) is 1. The Balaban J connectivity index is 1.91. The molecule has 1 saturated heterocycles. The van der Waals surface area contributed by atoms with Crippen molar-refractivity contribution in [2.75, 3.05) is 30.4 Å². The third kappa shape index (κ3) is 2.53. The van der Waals surface area contributed by atoms with Crippen LogP contribution in [0.3, 0.4) is 0 Å². The van der Waals surface area contributed by atoms with Crippen LogP contribution in [-0.2, 0) is 9.31 Å².